The molecule has 2 N–H and O–H groups in total. The van der Waals surface area contributed by atoms with E-state index in [4.69, 9.17) is 0 Å². The van der Waals surface area contributed by atoms with Crippen LogP contribution < -0.4 is 5.32 Å². The number of nitrogens with zero attached hydrogens (tertiary/aromatic N) is 2. The molecule has 0 saturated carbocycles. The number of hydrogen-bond acceptors (Lipinski definition) is 4. The van der Waals surface area contributed by atoms with Gasteiger partial charge >= 0.3 is 0 Å². The number of rotatable bonds is 2. The third kappa shape index (κ3) is 4.84. The van der Waals surface area contributed by atoms with Crippen molar-refractivity contribution in [3.63, 3.8) is 0 Å². The van der Waals surface area contributed by atoms with E-state index in [0.717, 1.165) is 26.7 Å². The van der Waals surface area contributed by atoms with Crippen LogP contribution in [0.2, 0.25) is 0 Å². The van der Waals surface area contributed by atoms with Gasteiger partial charge in [-0.25, -0.2) is 0 Å². The molecule has 0 saturated heterocycles. The van der Waals surface area contributed by atoms with E-state index in [0.29, 0.717) is 0 Å². The molecule has 1 aromatic carbocycles. The lowest BCUT2D eigenvalue weighted by atomic mass is 10.2. The Morgan fingerprint density at radius 3 is 2.09 bits per heavy atom. The van der Waals surface area contributed by atoms with Crippen LogP contribution in [0.5, 0.6) is 0 Å². The molecule has 122 valence electrons. The lowest BCUT2D eigenvalue weighted by molar-refractivity contribution is 1.10. The van der Waals surface area contributed by atoms with Crippen LogP contribution in [0.4, 0.5) is 5.13 Å². The zero-order valence-corrected chi connectivity index (χ0v) is 15.5. The number of aromatic amines is 1. The molecule has 0 bridgehead atoms. The number of fused-ring (bicyclic) bond motifs is 1. The van der Waals surface area contributed by atoms with Crippen molar-refractivity contribution in [3.8, 4) is 11.3 Å². The van der Waals surface area contributed by atoms with Crippen molar-refractivity contribution < 1.29 is 0 Å². The van der Waals surface area contributed by atoms with Crippen LogP contribution in [0.25, 0.3) is 21.6 Å². The first kappa shape index (κ1) is 20.1. The Bertz CT molecular complexity index is 614. The Hall–Kier alpha value is -1.88. The average Bonchev–Trinajstić information content (AvgIpc) is 3.21. The maximum Gasteiger partial charge on any atom is 0.194 e. The molecule has 0 unspecified atom stereocenters. The smallest absolute Gasteiger partial charge is 0.194 e. The van der Waals surface area contributed by atoms with E-state index < -0.39 is 0 Å². The maximum atomic E-state index is 4.34. The first-order valence-corrected chi connectivity index (χ1v) is 8.78. The van der Waals surface area contributed by atoms with Crippen molar-refractivity contribution >= 4 is 26.8 Å². The van der Waals surface area contributed by atoms with Crippen molar-refractivity contribution in [1.82, 2.24) is 15.2 Å². The Morgan fingerprint density at radius 2 is 1.55 bits per heavy atom. The van der Waals surface area contributed by atoms with Crippen molar-refractivity contribution in [2.24, 2.45) is 0 Å². The molecule has 0 radical (unpaired) electrons. The van der Waals surface area contributed by atoms with E-state index in [1.807, 2.05) is 66.8 Å². The summed E-state index contributed by atoms with van der Waals surface area (Å²) in [6, 6.07) is 10.2. The largest absolute Gasteiger partial charge is 0.365 e. The van der Waals surface area contributed by atoms with Gasteiger partial charge in [0.25, 0.3) is 0 Å². The van der Waals surface area contributed by atoms with Crippen molar-refractivity contribution in [3.05, 3.63) is 30.3 Å². The lowest BCUT2D eigenvalue weighted by Crippen LogP contribution is -1.85. The van der Waals surface area contributed by atoms with Gasteiger partial charge in [0, 0.05) is 12.6 Å². The Kier molecular flexibility index (Phi) is 10.7. The summed E-state index contributed by atoms with van der Waals surface area (Å²) in [6.45, 7) is 12.0. The lowest BCUT2D eigenvalue weighted by Gasteiger charge is -1.95. The quantitative estimate of drug-likeness (QED) is 0.626. The van der Waals surface area contributed by atoms with Crippen LogP contribution in [-0.4, -0.2) is 22.2 Å². The predicted octanol–water partition coefficient (Wildman–Crippen LogP) is 5.81. The van der Waals surface area contributed by atoms with Gasteiger partial charge in [0.2, 0.25) is 0 Å². The number of hydrogen-bond donors (Lipinski definition) is 2. The predicted molar refractivity (Wildman–Crippen MR) is 101 cm³/mol. The monoisotopic (exact) mass is 320 g/mol. The zero-order chi connectivity index (χ0) is 17.0. The molecule has 2 heterocycles. The molecule has 0 spiro atoms. The van der Waals surface area contributed by atoms with Gasteiger partial charge in [-0.15, -0.1) is 0 Å². The second-order valence-electron chi connectivity index (χ2n) is 3.39. The third-order valence-electron chi connectivity index (χ3n) is 2.39. The normalized spacial score (nSPS) is 8.68. The number of H-pyrrole nitrogens is 1. The van der Waals surface area contributed by atoms with Gasteiger partial charge in [-0.3, -0.25) is 5.10 Å². The van der Waals surface area contributed by atoms with Gasteiger partial charge in [-0.05, 0) is 0 Å². The second kappa shape index (κ2) is 11.7. The molecule has 3 aromatic rings. The molecule has 0 fully saturated rings. The second-order valence-corrected chi connectivity index (χ2v) is 4.39. The number of nitrogens with one attached hydrogen (secondary N) is 2. The fraction of sp³-hybridized carbons (Fsp3) is 0.412. The summed E-state index contributed by atoms with van der Waals surface area (Å²) in [5, 5.41) is 11.2. The van der Waals surface area contributed by atoms with Crippen LogP contribution >= 0.6 is 11.3 Å². The number of aromatic nitrogens is 3. The molecule has 0 aliphatic carbocycles. The summed E-state index contributed by atoms with van der Waals surface area (Å²) < 4.78 is 1.09. The molecule has 0 amide bonds. The SMILES string of the molecule is CC.CC.CC.CNc1nc2n[nH]c(-c3ccccc3)c2s1. The first-order chi connectivity index (χ1) is 10.9. The van der Waals surface area contributed by atoms with E-state index in [-0.39, 0.29) is 0 Å². The number of benzene rings is 1. The summed E-state index contributed by atoms with van der Waals surface area (Å²) >= 11 is 1.61. The Morgan fingerprint density at radius 1 is 0.955 bits per heavy atom. The highest BCUT2D eigenvalue weighted by molar-refractivity contribution is 7.22. The fourth-order valence-corrected chi connectivity index (χ4v) is 2.49. The molecule has 0 aliphatic heterocycles. The average molecular weight is 321 g/mol. The van der Waals surface area contributed by atoms with Crippen LogP contribution in [0, 0.1) is 0 Å². The fourth-order valence-electron chi connectivity index (χ4n) is 1.62. The van der Waals surface area contributed by atoms with Crippen molar-refractivity contribution in [2.45, 2.75) is 41.5 Å². The van der Waals surface area contributed by atoms with E-state index in [1.54, 1.807) is 11.3 Å². The highest BCUT2D eigenvalue weighted by Crippen LogP contribution is 2.32. The van der Waals surface area contributed by atoms with Crippen LogP contribution in [0.15, 0.2) is 30.3 Å². The topological polar surface area (TPSA) is 53.6 Å². The molecule has 22 heavy (non-hydrogen) atoms. The highest BCUT2D eigenvalue weighted by Gasteiger charge is 2.12. The molecule has 0 atom stereocenters. The summed E-state index contributed by atoms with van der Waals surface area (Å²) in [5.41, 5.74) is 2.94. The van der Waals surface area contributed by atoms with Crippen molar-refractivity contribution in [1.29, 1.82) is 0 Å². The van der Waals surface area contributed by atoms with Gasteiger partial charge in [-0.2, -0.15) is 10.1 Å². The van der Waals surface area contributed by atoms with Crippen molar-refractivity contribution in [2.75, 3.05) is 12.4 Å². The summed E-state index contributed by atoms with van der Waals surface area (Å²) in [4.78, 5) is 4.34. The summed E-state index contributed by atoms with van der Waals surface area (Å²) in [5.74, 6) is 0. The number of anilines is 1. The van der Waals surface area contributed by atoms with E-state index in [2.05, 4.69) is 32.6 Å². The van der Waals surface area contributed by atoms with E-state index in [9.17, 15) is 0 Å². The Balaban J connectivity index is 0.000000661. The van der Waals surface area contributed by atoms with Gasteiger partial charge in [0.15, 0.2) is 10.8 Å². The molecular formula is C17H28N4S. The molecule has 4 nitrogen and oxygen atoms in total. The Labute approximate surface area is 138 Å². The van der Waals surface area contributed by atoms with Crippen LogP contribution in [0.1, 0.15) is 41.5 Å². The molecule has 0 aliphatic rings. The van der Waals surface area contributed by atoms with E-state index in [1.165, 1.54) is 0 Å². The minimum absolute atomic E-state index is 0.771. The molecule has 3 rings (SSSR count). The molecule has 5 heteroatoms. The minimum Gasteiger partial charge on any atom is -0.365 e. The van der Waals surface area contributed by atoms with Gasteiger partial charge in [-0.1, -0.05) is 83.2 Å². The number of thiazole rings is 1. The van der Waals surface area contributed by atoms with Crippen LogP contribution in [0.3, 0.4) is 0 Å². The van der Waals surface area contributed by atoms with Crippen LogP contribution in [-0.2, 0) is 0 Å². The minimum atomic E-state index is 0.771. The molecule has 2 aromatic heterocycles. The van der Waals surface area contributed by atoms with Gasteiger partial charge in [0.05, 0.1) is 5.69 Å². The summed E-state index contributed by atoms with van der Waals surface area (Å²) in [6.07, 6.45) is 0. The first-order valence-electron chi connectivity index (χ1n) is 7.96. The third-order valence-corrected chi connectivity index (χ3v) is 3.47. The van der Waals surface area contributed by atoms with Gasteiger partial charge < -0.3 is 5.32 Å². The standard InChI is InChI=1S/C11H10N4S.3C2H6/c1-12-11-13-10-9(16-11)8(14-15-10)7-5-3-2-4-6-7;3*1-2/h2-6H,1H3,(H2,12,13,14,15);3*1-2H3. The van der Waals surface area contributed by atoms with E-state index >= 15 is 0 Å². The summed E-state index contributed by atoms with van der Waals surface area (Å²) in [7, 11) is 1.86. The molecular weight excluding hydrogens is 292 g/mol. The maximum absolute atomic E-state index is 4.34. The highest BCUT2D eigenvalue weighted by atomic mass is 32.1. The van der Waals surface area contributed by atoms with Gasteiger partial charge in [0.1, 0.15) is 4.70 Å². The zero-order valence-electron chi connectivity index (χ0n) is 14.7.